The SMILES string of the molecule is CNCc1ccc(S(=O)(=O)Nc2ccc(C(=O)N[C@@H](Cc3ccc(N4C(=O)C5CCNCC5N(C)C4=O)cc3)C(=O)O)c(F)c2)cc1. The number of hydrogen-bond donors (Lipinski definition) is 5. The van der Waals surface area contributed by atoms with E-state index in [1.165, 1.54) is 30.3 Å². The molecule has 0 radical (unpaired) electrons. The fraction of sp³-hybridized carbons (Fsp3) is 0.312. The van der Waals surface area contributed by atoms with Crippen LogP contribution in [-0.2, 0) is 32.6 Å². The first kappa shape index (κ1) is 33.5. The Morgan fingerprint density at radius 2 is 1.72 bits per heavy atom. The van der Waals surface area contributed by atoms with Crippen LogP contribution in [-0.4, -0.2) is 81.5 Å². The van der Waals surface area contributed by atoms with Gasteiger partial charge in [0.2, 0.25) is 5.91 Å². The molecule has 0 saturated carbocycles. The highest BCUT2D eigenvalue weighted by Gasteiger charge is 2.46. The van der Waals surface area contributed by atoms with Gasteiger partial charge in [0.25, 0.3) is 15.9 Å². The second kappa shape index (κ2) is 13.9. The monoisotopic (exact) mass is 666 g/mol. The average Bonchev–Trinajstić information content (AvgIpc) is 3.04. The number of aliphatic carboxylic acids is 1. The van der Waals surface area contributed by atoms with Crippen molar-refractivity contribution in [1.82, 2.24) is 20.9 Å². The summed E-state index contributed by atoms with van der Waals surface area (Å²) in [5.41, 5.74) is 1.09. The molecule has 2 aliphatic heterocycles. The molecule has 0 spiro atoms. The number of imide groups is 1. The van der Waals surface area contributed by atoms with Crippen LogP contribution in [0.15, 0.2) is 71.6 Å². The largest absolute Gasteiger partial charge is 0.480 e. The maximum absolute atomic E-state index is 15.0. The molecule has 4 amide bonds. The number of nitrogens with zero attached hydrogens (tertiary/aromatic N) is 2. The Morgan fingerprint density at radius 3 is 2.36 bits per heavy atom. The van der Waals surface area contributed by atoms with Crippen molar-refractivity contribution in [2.75, 3.05) is 36.8 Å². The van der Waals surface area contributed by atoms with E-state index in [0.717, 1.165) is 22.6 Å². The van der Waals surface area contributed by atoms with Crippen molar-refractivity contribution in [2.24, 2.45) is 5.92 Å². The van der Waals surface area contributed by atoms with Crippen LogP contribution in [0.4, 0.5) is 20.6 Å². The Morgan fingerprint density at radius 1 is 1.04 bits per heavy atom. The number of urea groups is 1. The van der Waals surface area contributed by atoms with Crippen molar-refractivity contribution in [3.63, 3.8) is 0 Å². The highest BCUT2D eigenvalue weighted by molar-refractivity contribution is 7.92. The fourth-order valence-corrected chi connectivity index (χ4v) is 6.80. The summed E-state index contributed by atoms with van der Waals surface area (Å²) in [7, 11) is -0.629. The predicted molar refractivity (Wildman–Crippen MR) is 171 cm³/mol. The number of halogens is 1. The third-order valence-electron chi connectivity index (χ3n) is 8.30. The standard InChI is InChI=1S/C32H35FN6O7S/c1-34-17-20-5-10-23(11-6-20)47(45,46)37-21-7-12-24(26(33)16-21)29(40)36-27(31(42)43)15-19-3-8-22(9-4-19)39-30(41)25-13-14-35-18-28(25)38(2)32(39)44/h3-12,16,25,27-28,34-35,37H,13-15,17-18H2,1-2H3,(H,36,40)(H,42,43)/t25?,27-,28?/m0/s1. The van der Waals surface area contributed by atoms with Crippen LogP contribution in [0.1, 0.15) is 27.9 Å². The normalized spacial score (nSPS) is 18.8. The van der Waals surface area contributed by atoms with Gasteiger partial charge in [0.15, 0.2) is 0 Å². The van der Waals surface area contributed by atoms with Crippen LogP contribution in [0, 0.1) is 11.7 Å². The van der Waals surface area contributed by atoms with Gasteiger partial charge in [0.1, 0.15) is 11.9 Å². The van der Waals surface area contributed by atoms with Gasteiger partial charge in [-0.1, -0.05) is 24.3 Å². The van der Waals surface area contributed by atoms with Gasteiger partial charge < -0.3 is 26.0 Å². The number of hydrogen-bond acceptors (Lipinski definition) is 8. The molecule has 248 valence electrons. The zero-order chi connectivity index (χ0) is 33.9. The first-order valence-corrected chi connectivity index (χ1v) is 16.4. The van der Waals surface area contributed by atoms with Crippen molar-refractivity contribution in [3.8, 4) is 0 Å². The zero-order valence-corrected chi connectivity index (χ0v) is 26.5. The molecular formula is C32H35FN6O7S. The van der Waals surface area contributed by atoms with Gasteiger partial charge in [-0.25, -0.2) is 27.3 Å². The highest BCUT2D eigenvalue weighted by Crippen LogP contribution is 2.30. The second-order valence-electron chi connectivity index (χ2n) is 11.4. The van der Waals surface area contributed by atoms with E-state index < -0.39 is 45.4 Å². The molecule has 0 aromatic heterocycles. The van der Waals surface area contributed by atoms with Gasteiger partial charge in [-0.2, -0.15) is 0 Å². The highest BCUT2D eigenvalue weighted by atomic mass is 32.2. The van der Waals surface area contributed by atoms with Gasteiger partial charge in [-0.15, -0.1) is 0 Å². The minimum atomic E-state index is -4.04. The number of carboxylic acid groups (broad SMARTS) is 1. The molecule has 3 aromatic rings. The number of amides is 4. The number of piperidine rings is 1. The average molecular weight is 667 g/mol. The summed E-state index contributed by atoms with van der Waals surface area (Å²) in [5.74, 6) is -4.06. The molecule has 2 aliphatic rings. The fourth-order valence-electron chi connectivity index (χ4n) is 5.75. The van der Waals surface area contributed by atoms with Crippen molar-refractivity contribution in [1.29, 1.82) is 0 Å². The van der Waals surface area contributed by atoms with E-state index in [9.17, 15) is 37.1 Å². The van der Waals surface area contributed by atoms with E-state index >= 15 is 0 Å². The molecule has 0 aliphatic carbocycles. The second-order valence-corrected chi connectivity index (χ2v) is 13.1. The van der Waals surface area contributed by atoms with Gasteiger partial charge in [-0.3, -0.25) is 14.3 Å². The summed E-state index contributed by atoms with van der Waals surface area (Å²) in [4.78, 5) is 53.8. The van der Waals surface area contributed by atoms with Crippen LogP contribution >= 0.6 is 0 Å². The molecule has 15 heteroatoms. The van der Waals surface area contributed by atoms with E-state index in [4.69, 9.17) is 0 Å². The molecule has 5 N–H and O–H groups in total. The van der Waals surface area contributed by atoms with Crippen molar-refractivity contribution in [3.05, 3.63) is 89.2 Å². The molecular weight excluding hydrogens is 631 g/mol. The molecule has 3 atom stereocenters. The van der Waals surface area contributed by atoms with E-state index in [0.29, 0.717) is 37.3 Å². The number of carbonyl (C=O) groups excluding carboxylic acids is 3. The number of nitrogens with one attached hydrogen (secondary N) is 4. The topological polar surface area (TPSA) is 177 Å². The van der Waals surface area contributed by atoms with Gasteiger partial charge in [0, 0.05) is 26.6 Å². The molecule has 2 unspecified atom stereocenters. The summed E-state index contributed by atoms with van der Waals surface area (Å²) in [6.07, 6.45) is 0.423. The summed E-state index contributed by atoms with van der Waals surface area (Å²) < 4.78 is 42.8. The van der Waals surface area contributed by atoms with Crippen LogP contribution < -0.4 is 25.6 Å². The zero-order valence-electron chi connectivity index (χ0n) is 25.7. The number of sulfonamides is 1. The van der Waals surface area contributed by atoms with Gasteiger partial charge >= 0.3 is 12.0 Å². The van der Waals surface area contributed by atoms with E-state index in [2.05, 4.69) is 20.7 Å². The third kappa shape index (κ3) is 7.26. The van der Waals surface area contributed by atoms with Crippen molar-refractivity contribution >= 4 is 45.2 Å². The quantitative estimate of drug-likeness (QED) is 0.205. The molecule has 5 rings (SSSR count). The molecule has 13 nitrogen and oxygen atoms in total. The first-order valence-electron chi connectivity index (χ1n) is 14.9. The van der Waals surface area contributed by atoms with Gasteiger partial charge in [0.05, 0.1) is 33.8 Å². The number of anilines is 2. The Bertz CT molecular complexity index is 1790. The molecule has 0 bridgehead atoms. The maximum Gasteiger partial charge on any atom is 0.331 e. The molecule has 2 heterocycles. The Labute approximate surface area is 271 Å². The Kier molecular flexibility index (Phi) is 9.88. The van der Waals surface area contributed by atoms with E-state index in [-0.39, 0.29) is 34.9 Å². The number of carbonyl (C=O) groups is 4. The summed E-state index contributed by atoms with van der Waals surface area (Å²) in [6, 6.07) is 13.3. The maximum atomic E-state index is 15.0. The lowest BCUT2D eigenvalue weighted by Crippen LogP contribution is -2.65. The van der Waals surface area contributed by atoms with Crippen LogP contribution in [0.5, 0.6) is 0 Å². The van der Waals surface area contributed by atoms with Crippen molar-refractivity contribution < 1.29 is 37.1 Å². The third-order valence-corrected chi connectivity index (χ3v) is 9.69. The number of benzene rings is 3. The summed E-state index contributed by atoms with van der Waals surface area (Å²) in [6.45, 7) is 1.76. The minimum absolute atomic E-state index is 0.0335. The van der Waals surface area contributed by atoms with Gasteiger partial charge in [-0.05, 0) is 73.6 Å². The number of likely N-dealkylation sites (N-methyl/N-ethyl adjacent to an activating group) is 1. The Balaban J connectivity index is 1.24. The number of rotatable bonds is 11. The predicted octanol–water partition coefficient (Wildman–Crippen LogP) is 2.15. The summed E-state index contributed by atoms with van der Waals surface area (Å²) in [5, 5.41) is 18.3. The number of fused-ring (bicyclic) bond motifs is 1. The lowest BCUT2D eigenvalue weighted by atomic mass is 9.88. The molecule has 2 fully saturated rings. The molecule has 47 heavy (non-hydrogen) atoms. The minimum Gasteiger partial charge on any atom is -0.480 e. The smallest absolute Gasteiger partial charge is 0.331 e. The lowest BCUT2D eigenvalue weighted by Gasteiger charge is -2.45. The van der Waals surface area contributed by atoms with Crippen LogP contribution in [0.25, 0.3) is 0 Å². The molecule has 2 saturated heterocycles. The van der Waals surface area contributed by atoms with Crippen LogP contribution in [0.3, 0.4) is 0 Å². The summed E-state index contributed by atoms with van der Waals surface area (Å²) >= 11 is 0. The van der Waals surface area contributed by atoms with E-state index in [1.807, 2.05) is 0 Å². The first-order chi connectivity index (χ1) is 22.4. The van der Waals surface area contributed by atoms with Crippen molar-refractivity contribution in [2.45, 2.75) is 36.4 Å². The van der Waals surface area contributed by atoms with E-state index in [1.54, 1.807) is 43.3 Å². The van der Waals surface area contributed by atoms with Crippen LogP contribution in [0.2, 0.25) is 0 Å². The lowest BCUT2D eigenvalue weighted by molar-refractivity contribution is -0.139. The molecule has 3 aromatic carbocycles. The Hall–Kier alpha value is -4.86. The number of carboxylic acids is 1.